The number of hydrogen-bond acceptors (Lipinski definition) is 5. The summed E-state index contributed by atoms with van der Waals surface area (Å²) in [5, 5.41) is 13.3. The van der Waals surface area contributed by atoms with Crippen LogP contribution in [-0.2, 0) is 6.54 Å². The summed E-state index contributed by atoms with van der Waals surface area (Å²) in [5.74, 6) is -0.329. The molecule has 1 aliphatic heterocycles. The molecule has 0 radical (unpaired) electrons. The Hall–Kier alpha value is -1.86. The highest BCUT2D eigenvalue weighted by atomic mass is 19.1. The Morgan fingerprint density at radius 1 is 1.32 bits per heavy atom. The first-order chi connectivity index (χ1) is 10.6. The third-order valence-corrected chi connectivity index (χ3v) is 4.06. The van der Waals surface area contributed by atoms with Crippen molar-refractivity contribution < 1.29 is 18.4 Å². The van der Waals surface area contributed by atoms with Gasteiger partial charge in [-0.1, -0.05) is 11.2 Å². The van der Waals surface area contributed by atoms with E-state index >= 15 is 0 Å². The standard InChI is InChI=1S/C15H17F2N3O2/c1-9-18-15(22-19-9)11-6-20(5-10(11)8-21)7-12-13(16)3-2-4-14(12)17/h2-4,10-11,21H,5-8H2,1H3/t10-,11+/m0/s1. The third-order valence-electron chi connectivity index (χ3n) is 4.06. The summed E-state index contributed by atoms with van der Waals surface area (Å²) in [5.41, 5.74) is 0.0431. The van der Waals surface area contributed by atoms with Crippen LogP contribution in [0.2, 0.25) is 0 Å². The molecule has 0 saturated carbocycles. The van der Waals surface area contributed by atoms with E-state index in [1.807, 2.05) is 4.90 Å². The molecule has 1 N–H and O–H groups in total. The molecule has 0 spiro atoms. The van der Waals surface area contributed by atoms with E-state index in [0.29, 0.717) is 24.8 Å². The molecule has 0 bridgehead atoms. The van der Waals surface area contributed by atoms with Gasteiger partial charge in [-0.25, -0.2) is 8.78 Å². The minimum Gasteiger partial charge on any atom is -0.396 e. The van der Waals surface area contributed by atoms with Crippen molar-refractivity contribution in [1.29, 1.82) is 0 Å². The van der Waals surface area contributed by atoms with E-state index in [1.54, 1.807) is 6.92 Å². The fourth-order valence-corrected chi connectivity index (χ4v) is 2.93. The van der Waals surface area contributed by atoms with E-state index in [0.717, 1.165) is 0 Å². The zero-order valence-electron chi connectivity index (χ0n) is 12.2. The molecule has 1 fully saturated rings. The Labute approximate surface area is 126 Å². The van der Waals surface area contributed by atoms with Crippen LogP contribution in [0.4, 0.5) is 8.78 Å². The molecule has 1 aromatic carbocycles. The minimum atomic E-state index is -0.558. The summed E-state index contributed by atoms with van der Waals surface area (Å²) in [6, 6.07) is 3.84. The highest BCUT2D eigenvalue weighted by molar-refractivity contribution is 5.20. The van der Waals surface area contributed by atoms with E-state index in [2.05, 4.69) is 10.1 Å². The predicted octanol–water partition coefficient (Wildman–Crippen LogP) is 1.86. The second-order valence-electron chi connectivity index (χ2n) is 5.62. The van der Waals surface area contributed by atoms with Gasteiger partial charge < -0.3 is 9.63 Å². The Bertz CT molecular complexity index is 642. The van der Waals surface area contributed by atoms with E-state index < -0.39 is 11.6 Å². The van der Waals surface area contributed by atoms with Crippen LogP contribution in [0.25, 0.3) is 0 Å². The van der Waals surface area contributed by atoms with Gasteiger partial charge in [0.05, 0.1) is 5.92 Å². The highest BCUT2D eigenvalue weighted by Crippen LogP contribution is 2.32. The smallest absolute Gasteiger partial charge is 0.231 e. The second kappa shape index (κ2) is 6.10. The van der Waals surface area contributed by atoms with Gasteiger partial charge >= 0.3 is 0 Å². The molecule has 0 aliphatic carbocycles. The van der Waals surface area contributed by atoms with Crippen molar-refractivity contribution in [2.75, 3.05) is 19.7 Å². The monoisotopic (exact) mass is 309 g/mol. The number of aromatic nitrogens is 2. The van der Waals surface area contributed by atoms with Crippen molar-refractivity contribution in [2.45, 2.75) is 19.4 Å². The maximum atomic E-state index is 13.7. The summed E-state index contributed by atoms with van der Waals surface area (Å²) in [6.45, 7) is 2.88. The van der Waals surface area contributed by atoms with Gasteiger partial charge in [0, 0.05) is 37.7 Å². The van der Waals surface area contributed by atoms with Gasteiger partial charge in [0.1, 0.15) is 11.6 Å². The van der Waals surface area contributed by atoms with Gasteiger partial charge in [-0.3, -0.25) is 4.90 Å². The number of aliphatic hydroxyl groups excluding tert-OH is 1. The molecule has 7 heteroatoms. The summed E-state index contributed by atoms with van der Waals surface area (Å²) in [4.78, 5) is 6.10. The normalized spacial score (nSPS) is 22.4. The number of rotatable bonds is 4. The first-order valence-corrected chi connectivity index (χ1v) is 7.14. The lowest BCUT2D eigenvalue weighted by molar-refractivity contribution is 0.204. The van der Waals surface area contributed by atoms with Gasteiger partial charge in [0.2, 0.25) is 5.89 Å². The molecular weight excluding hydrogens is 292 g/mol. The van der Waals surface area contributed by atoms with E-state index in [-0.39, 0.29) is 30.6 Å². The number of aliphatic hydroxyl groups is 1. The van der Waals surface area contributed by atoms with Crippen LogP contribution in [0.1, 0.15) is 23.2 Å². The van der Waals surface area contributed by atoms with Crippen LogP contribution in [0.15, 0.2) is 22.7 Å². The molecule has 2 atom stereocenters. The average molecular weight is 309 g/mol. The number of benzene rings is 1. The number of nitrogens with zero attached hydrogens (tertiary/aromatic N) is 3. The Morgan fingerprint density at radius 3 is 2.64 bits per heavy atom. The first kappa shape index (κ1) is 15.1. The topological polar surface area (TPSA) is 62.4 Å². The predicted molar refractivity (Wildman–Crippen MR) is 74.0 cm³/mol. The van der Waals surface area contributed by atoms with Crippen LogP contribution in [-0.4, -0.2) is 39.8 Å². The zero-order chi connectivity index (χ0) is 15.7. The van der Waals surface area contributed by atoms with Crippen LogP contribution in [0.5, 0.6) is 0 Å². The summed E-state index contributed by atoms with van der Waals surface area (Å²) < 4.78 is 32.7. The van der Waals surface area contributed by atoms with Crippen LogP contribution < -0.4 is 0 Å². The van der Waals surface area contributed by atoms with Crippen molar-refractivity contribution in [3.63, 3.8) is 0 Å². The van der Waals surface area contributed by atoms with Gasteiger partial charge in [-0.05, 0) is 19.1 Å². The van der Waals surface area contributed by atoms with Gasteiger partial charge in [-0.2, -0.15) is 4.98 Å². The van der Waals surface area contributed by atoms with Crippen LogP contribution >= 0.6 is 0 Å². The Morgan fingerprint density at radius 2 is 2.05 bits per heavy atom. The highest BCUT2D eigenvalue weighted by Gasteiger charge is 2.37. The van der Waals surface area contributed by atoms with Crippen molar-refractivity contribution in [1.82, 2.24) is 15.0 Å². The van der Waals surface area contributed by atoms with Crippen molar-refractivity contribution in [3.8, 4) is 0 Å². The van der Waals surface area contributed by atoms with E-state index in [1.165, 1.54) is 18.2 Å². The summed E-state index contributed by atoms with van der Waals surface area (Å²) in [6.07, 6.45) is 0. The van der Waals surface area contributed by atoms with Crippen LogP contribution in [0.3, 0.4) is 0 Å². The molecule has 2 aromatic rings. The number of aryl methyl sites for hydroxylation is 1. The molecule has 2 heterocycles. The third kappa shape index (κ3) is 2.86. The molecule has 5 nitrogen and oxygen atoms in total. The van der Waals surface area contributed by atoms with Gasteiger partial charge in [-0.15, -0.1) is 0 Å². The van der Waals surface area contributed by atoms with Crippen molar-refractivity contribution >= 4 is 0 Å². The number of hydrogen-bond donors (Lipinski definition) is 1. The van der Waals surface area contributed by atoms with Gasteiger partial charge in [0.15, 0.2) is 5.82 Å². The van der Waals surface area contributed by atoms with Crippen molar-refractivity contribution in [2.24, 2.45) is 5.92 Å². The largest absolute Gasteiger partial charge is 0.396 e. The molecule has 1 aliphatic rings. The molecule has 0 amide bonds. The molecular formula is C15H17F2N3O2. The Balaban J connectivity index is 1.77. The molecule has 22 heavy (non-hydrogen) atoms. The SMILES string of the molecule is Cc1noc([C@@H]2CN(Cc3c(F)cccc3F)C[C@H]2CO)n1. The Kier molecular flexibility index (Phi) is 4.17. The second-order valence-corrected chi connectivity index (χ2v) is 5.62. The molecule has 118 valence electrons. The zero-order valence-corrected chi connectivity index (χ0v) is 12.2. The average Bonchev–Trinajstić information content (AvgIpc) is 3.09. The number of likely N-dealkylation sites (tertiary alicyclic amines) is 1. The van der Waals surface area contributed by atoms with Crippen molar-refractivity contribution in [3.05, 3.63) is 47.1 Å². The minimum absolute atomic E-state index is 0.0393. The fraction of sp³-hybridized carbons (Fsp3) is 0.467. The fourth-order valence-electron chi connectivity index (χ4n) is 2.93. The van der Waals surface area contributed by atoms with E-state index in [9.17, 15) is 13.9 Å². The molecule has 3 rings (SSSR count). The van der Waals surface area contributed by atoms with Crippen LogP contribution in [0, 0.1) is 24.5 Å². The maximum absolute atomic E-state index is 13.7. The molecule has 1 aromatic heterocycles. The molecule has 1 saturated heterocycles. The van der Waals surface area contributed by atoms with E-state index in [4.69, 9.17) is 4.52 Å². The quantitative estimate of drug-likeness (QED) is 0.934. The summed E-state index contributed by atoms with van der Waals surface area (Å²) in [7, 11) is 0. The lowest BCUT2D eigenvalue weighted by Crippen LogP contribution is -2.22. The van der Waals surface area contributed by atoms with Gasteiger partial charge in [0.25, 0.3) is 0 Å². The molecule has 0 unspecified atom stereocenters. The number of halogens is 2. The summed E-state index contributed by atoms with van der Waals surface area (Å²) >= 11 is 0. The lowest BCUT2D eigenvalue weighted by atomic mass is 9.97. The maximum Gasteiger partial charge on any atom is 0.231 e. The lowest BCUT2D eigenvalue weighted by Gasteiger charge is -2.16. The first-order valence-electron chi connectivity index (χ1n) is 7.14.